The molecule has 0 saturated heterocycles. The van der Waals surface area contributed by atoms with Crippen LogP contribution in [0.4, 0.5) is 0 Å². The largest absolute Gasteiger partial charge is 0.349 e. The molecular formula is C24H29ClN4O3S. The lowest BCUT2D eigenvalue weighted by atomic mass is 10.1. The average Bonchev–Trinajstić information content (AvgIpc) is 3.32. The number of aromatic nitrogens is 2. The molecular weight excluding hydrogens is 460 g/mol. The summed E-state index contributed by atoms with van der Waals surface area (Å²) in [5.74, 6) is 0.718. The molecule has 1 aliphatic carbocycles. The Bertz CT molecular complexity index is 1300. The van der Waals surface area contributed by atoms with Crippen LogP contribution in [0.1, 0.15) is 49.7 Å². The average molecular weight is 489 g/mol. The minimum atomic E-state index is -3.55. The van der Waals surface area contributed by atoms with Crippen LogP contribution < -0.4 is 5.32 Å². The standard InChI is InChI=1S/C24H29ClN4O3S/c1-4-29(5-2)33(31,32)18-8-11-22-21(15-18)26-23(28(22)3)12-13-24(30)27-20-10-6-16-14-17(25)7-9-19(16)20/h7-9,11,14-15,20H,4-6,10,12-13H2,1-3H3,(H,27,30). The number of nitrogens with one attached hydrogen (secondary N) is 1. The molecule has 1 amide bonds. The predicted molar refractivity (Wildman–Crippen MR) is 130 cm³/mol. The first-order chi connectivity index (χ1) is 15.7. The molecule has 0 spiro atoms. The molecule has 3 aromatic rings. The molecule has 1 aliphatic rings. The van der Waals surface area contributed by atoms with Crippen LogP contribution in [0.25, 0.3) is 11.0 Å². The van der Waals surface area contributed by atoms with Crippen LogP contribution in [0.5, 0.6) is 0 Å². The van der Waals surface area contributed by atoms with Crippen LogP contribution in [0.2, 0.25) is 5.02 Å². The summed E-state index contributed by atoms with van der Waals surface area (Å²) in [6.07, 6.45) is 2.55. The van der Waals surface area contributed by atoms with Crippen molar-refractivity contribution in [1.82, 2.24) is 19.2 Å². The van der Waals surface area contributed by atoms with Gasteiger partial charge in [0.2, 0.25) is 15.9 Å². The van der Waals surface area contributed by atoms with E-state index >= 15 is 0 Å². The van der Waals surface area contributed by atoms with Gasteiger partial charge in [0.1, 0.15) is 5.82 Å². The molecule has 176 valence electrons. The first kappa shape index (κ1) is 23.7. The van der Waals surface area contributed by atoms with Crippen LogP contribution in [0.3, 0.4) is 0 Å². The van der Waals surface area contributed by atoms with Crippen molar-refractivity contribution in [2.24, 2.45) is 7.05 Å². The predicted octanol–water partition coefficient (Wildman–Crippen LogP) is 3.99. The molecule has 0 bridgehead atoms. The van der Waals surface area contributed by atoms with E-state index in [2.05, 4.69) is 10.3 Å². The number of amides is 1. The Morgan fingerprint density at radius 2 is 1.97 bits per heavy atom. The number of hydrogen-bond acceptors (Lipinski definition) is 4. The maximum atomic E-state index is 12.8. The molecule has 1 aromatic heterocycles. The highest BCUT2D eigenvalue weighted by molar-refractivity contribution is 7.89. The number of nitrogens with zero attached hydrogens (tertiary/aromatic N) is 3. The van der Waals surface area contributed by atoms with E-state index in [9.17, 15) is 13.2 Å². The monoisotopic (exact) mass is 488 g/mol. The number of imidazole rings is 1. The summed E-state index contributed by atoms with van der Waals surface area (Å²) in [7, 11) is -1.66. The third-order valence-electron chi connectivity index (χ3n) is 6.38. The first-order valence-corrected chi connectivity index (χ1v) is 13.1. The summed E-state index contributed by atoms with van der Waals surface area (Å²) in [6, 6.07) is 10.9. The summed E-state index contributed by atoms with van der Waals surface area (Å²) in [4.78, 5) is 17.5. The normalized spacial score (nSPS) is 15.8. The van der Waals surface area contributed by atoms with Crippen molar-refractivity contribution < 1.29 is 13.2 Å². The number of rotatable bonds is 8. The second-order valence-electron chi connectivity index (χ2n) is 8.33. The highest BCUT2D eigenvalue weighted by atomic mass is 35.5. The maximum absolute atomic E-state index is 12.8. The lowest BCUT2D eigenvalue weighted by Gasteiger charge is -2.18. The number of carbonyl (C=O) groups excluding carboxylic acids is 1. The number of benzene rings is 2. The second-order valence-corrected chi connectivity index (χ2v) is 10.7. The Morgan fingerprint density at radius 3 is 2.70 bits per heavy atom. The summed E-state index contributed by atoms with van der Waals surface area (Å²) in [5.41, 5.74) is 3.78. The molecule has 0 aliphatic heterocycles. The van der Waals surface area contributed by atoms with Gasteiger partial charge < -0.3 is 9.88 Å². The van der Waals surface area contributed by atoms with E-state index < -0.39 is 10.0 Å². The van der Waals surface area contributed by atoms with Gasteiger partial charge in [0.25, 0.3) is 0 Å². The topological polar surface area (TPSA) is 84.3 Å². The van der Waals surface area contributed by atoms with Crippen LogP contribution >= 0.6 is 11.6 Å². The van der Waals surface area contributed by atoms with Gasteiger partial charge in [-0.3, -0.25) is 4.79 Å². The molecule has 1 unspecified atom stereocenters. The summed E-state index contributed by atoms with van der Waals surface area (Å²) in [5, 5.41) is 3.85. The molecule has 4 rings (SSSR count). The fourth-order valence-corrected chi connectivity index (χ4v) is 6.23. The molecule has 0 saturated carbocycles. The zero-order valence-corrected chi connectivity index (χ0v) is 20.7. The Morgan fingerprint density at radius 1 is 1.21 bits per heavy atom. The Labute approximate surface area is 199 Å². The van der Waals surface area contributed by atoms with Crippen molar-refractivity contribution in [2.75, 3.05) is 13.1 Å². The Hall–Kier alpha value is -2.42. The van der Waals surface area contributed by atoms with Gasteiger partial charge in [0, 0.05) is 38.0 Å². The zero-order chi connectivity index (χ0) is 23.8. The van der Waals surface area contributed by atoms with Gasteiger partial charge >= 0.3 is 0 Å². The number of carbonyl (C=O) groups is 1. The molecule has 1 N–H and O–H groups in total. The third-order valence-corrected chi connectivity index (χ3v) is 8.66. The molecule has 2 aromatic carbocycles. The summed E-state index contributed by atoms with van der Waals surface area (Å²) in [6.45, 7) is 4.47. The number of fused-ring (bicyclic) bond motifs is 2. The highest BCUT2D eigenvalue weighted by Crippen LogP contribution is 2.33. The van der Waals surface area contributed by atoms with E-state index in [0.717, 1.165) is 34.8 Å². The fraction of sp³-hybridized carbons (Fsp3) is 0.417. The maximum Gasteiger partial charge on any atom is 0.243 e. The number of sulfonamides is 1. The van der Waals surface area contributed by atoms with Crippen molar-refractivity contribution in [3.05, 3.63) is 58.4 Å². The second kappa shape index (κ2) is 9.44. The SMILES string of the molecule is CCN(CC)S(=O)(=O)c1ccc2c(c1)nc(CCC(=O)NC1CCc3cc(Cl)ccc31)n2C. The lowest BCUT2D eigenvalue weighted by molar-refractivity contribution is -0.121. The minimum Gasteiger partial charge on any atom is -0.349 e. The van der Waals surface area contributed by atoms with Crippen molar-refractivity contribution in [3.63, 3.8) is 0 Å². The van der Waals surface area contributed by atoms with Crippen LogP contribution in [0.15, 0.2) is 41.3 Å². The quantitative estimate of drug-likeness (QED) is 0.519. The molecule has 0 radical (unpaired) electrons. The van der Waals surface area contributed by atoms with Gasteiger partial charge in [-0.2, -0.15) is 4.31 Å². The lowest BCUT2D eigenvalue weighted by Crippen LogP contribution is -2.30. The van der Waals surface area contributed by atoms with E-state index in [1.54, 1.807) is 18.2 Å². The van der Waals surface area contributed by atoms with E-state index in [-0.39, 0.29) is 16.8 Å². The van der Waals surface area contributed by atoms with Crippen molar-refractivity contribution in [3.8, 4) is 0 Å². The Balaban J connectivity index is 1.46. The van der Waals surface area contributed by atoms with Crippen LogP contribution in [-0.4, -0.2) is 41.3 Å². The van der Waals surface area contributed by atoms with Gasteiger partial charge in [-0.25, -0.2) is 13.4 Å². The zero-order valence-electron chi connectivity index (χ0n) is 19.1. The highest BCUT2D eigenvalue weighted by Gasteiger charge is 2.25. The summed E-state index contributed by atoms with van der Waals surface area (Å²) < 4.78 is 29.0. The van der Waals surface area contributed by atoms with Gasteiger partial charge in [-0.1, -0.05) is 31.5 Å². The van der Waals surface area contributed by atoms with E-state index in [1.165, 1.54) is 9.87 Å². The number of aryl methyl sites for hydroxylation is 3. The van der Waals surface area contributed by atoms with Crippen molar-refractivity contribution >= 4 is 38.6 Å². The molecule has 9 heteroatoms. The van der Waals surface area contributed by atoms with Gasteiger partial charge in [0.15, 0.2) is 0 Å². The number of halogens is 1. The van der Waals surface area contributed by atoms with Gasteiger partial charge in [-0.05, 0) is 54.3 Å². The van der Waals surface area contributed by atoms with Gasteiger partial charge in [0.05, 0.1) is 22.0 Å². The molecule has 33 heavy (non-hydrogen) atoms. The fourth-order valence-electron chi connectivity index (χ4n) is 4.55. The van der Waals surface area contributed by atoms with E-state index in [4.69, 9.17) is 11.6 Å². The summed E-state index contributed by atoms with van der Waals surface area (Å²) >= 11 is 6.08. The van der Waals surface area contributed by atoms with Crippen LogP contribution in [0, 0.1) is 0 Å². The molecule has 7 nitrogen and oxygen atoms in total. The van der Waals surface area contributed by atoms with Crippen molar-refractivity contribution in [2.45, 2.75) is 50.5 Å². The number of hydrogen-bond donors (Lipinski definition) is 1. The Kier molecular flexibility index (Phi) is 6.79. The van der Waals surface area contributed by atoms with Gasteiger partial charge in [-0.15, -0.1) is 0 Å². The molecule has 0 fully saturated rings. The first-order valence-electron chi connectivity index (χ1n) is 11.3. The van der Waals surface area contributed by atoms with E-state index in [0.29, 0.717) is 31.4 Å². The molecule has 1 atom stereocenters. The third kappa shape index (κ3) is 4.65. The molecule has 1 heterocycles. The minimum absolute atomic E-state index is 0.0121. The van der Waals surface area contributed by atoms with Crippen molar-refractivity contribution in [1.29, 1.82) is 0 Å². The van der Waals surface area contributed by atoms with E-state index in [1.807, 2.05) is 43.7 Å². The van der Waals surface area contributed by atoms with Crippen LogP contribution in [-0.2, 0) is 34.7 Å². The smallest absolute Gasteiger partial charge is 0.243 e.